The molecule has 1 heterocycles. The van der Waals surface area contributed by atoms with Gasteiger partial charge in [0.15, 0.2) is 0 Å². The van der Waals surface area contributed by atoms with Gasteiger partial charge in [-0.25, -0.2) is 17.9 Å². The Hall–Kier alpha value is -2.09. The number of sulfonamides is 1. The zero-order chi connectivity index (χ0) is 17.2. The van der Waals surface area contributed by atoms with Gasteiger partial charge in [0, 0.05) is 17.3 Å². The maximum Gasteiger partial charge on any atom is 0.414 e. The number of cyclic esters (lactones) is 1. The van der Waals surface area contributed by atoms with E-state index in [9.17, 15) is 13.2 Å². The molecule has 1 fully saturated rings. The number of nitrogens with one attached hydrogen (secondary N) is 1. The summed E-state index contributed by atoms with van der Waals surface area (Å²) in [6.07, 6.45) is -0.425. The van der Waals surface area contributed by atoms with E-state index in [1.165, 1.54) is 17.0 Å². The number of amides is 1. The molecule has 6 nitrogen and oxygen atoms in total. The van der Waals surface area contributed by atoms with Crippen LogP contribution in [0.15, 0.2) is 53.4 Å². The standard InChI is InChI=1S/C16H15ClN2O4S/c17-13-3-1-12(2-4-13)11-18-24(21,22)15-7-5-14(6-8-15)19-9-10-23-16(19)20/h1-8,18H,9-11H2. The monoisotopic (exact) mass is 366 g/mol. The summed E-state index contributed by atoms with van der Waals surface area (Å²) in [7, 11) is -3.64. The van der Waals surface area contributed by atoms with Crippen LogP contribution in [-0.2, 0) is 21.3 Å². The number of carbonyl (C=O) groups excluding carboxylic acids is 1. The number of anilines is 1. The van der Waals surface area contributed by atoms with Crippen LogP contribution in [0.3, 0.4) is 0 Å². The van der Waals surface area contributed by atoms with Crippen molar-refractivity contribution in [3.8, 4) is 0 Å². The fourth-order valence-corrected chi connectivity index (χ4v) is 3.44. The van der Waals surface area contributed by atoms with Crippen LogP contribution in [0.5, 0.6) is 0 Å². The molecule has 0 radical (unpaired) electrons. The highest BCUT2D eigenvalue weighted by Crippen LogP contribution is 2.21. The Morgan fingerprint density at radius 1 is 1.08 bits per heavy atom. The van der Waals surface area contributed by atoms with Gasteiger partial charge in [0.1, 0.15) is 6.61 Å². The summed E-state index contributed by atoms with van der Waals surface area (Å²) in [5.74, 6) is 0. The van der Waals surface area contributed by atoms with Crippen molar-refractivity contribution in [2.75, 3.05) is 18.1 Å². The molecule has 1 aliphatic heterocycles. The van der Waals surface area contributed by atoms with Gasteiger partial charge in [-0.3, -0.25) is 4.90 Å². The fourth-order valence-electron chi connectivity index (χ4n) is 2.30. The zero-order valence-electron chi connectivity index (χ0n) is 12.6. The molecule has 0 spiro atoms. The Morgan fingerprint density at radius 3 is 2.33 bits per heavy atom. The van der Waals surface area contributed by atoms with Crippen molar-refractivity contribution in [1.82, 2.24) is 4.72 Å². The van der Waals surface area contributed by atoms with Crippen molar-refractivity contribution in [2.45, 2.75) is 11.4 Å². The van der Waals surface area contributed by atoms with Crippen molar-refractivity contribution in [1.29, 1.82) is 0 Å². The smallest absolute Gasteiger partial charge is 0.414 e. The molecule has 0 atom stereocenters. The molecule has 2 aromatic rings. The third-order valence-corrected chi connectivity index (χ3v) is 5.27. The molecule has 2 aromatic carbocycles. The summed E-state index contributed by atoms with van der Waals surface area (Å²) in [5, 5.41) is 0.595. The van der Waals surface area contributed by atoms with Gasteiger partial charge in [0.2, 0.25) is 10.0 Å². The topological polar surface area (TPSA) is 75.7 Å². The molecule has 1 aliphatic rings. The van der Waals surface area contributed by atoms with E-state index in [1.807, 2.05) is 0 Å². The zero-order valence-corrected chi connectivity index (χ0v) is 14.2. The largest absolute Gasteiger partial charge is 0.447 e. The Labute approximate surface area is 145 Å². The lowest BCUT2D eigenvalue weighted by molar-refractivity contribution is 0.181. The van der Waals surface area contributed by atoms with E-state index >= 15 is 0 Å². The number of hydrogen-bond acceptors (Lipinski definition) is 4. The second kappa shape index (κ2) is 6.80. The van der Waals surface area contributed by atoms with E-state index in [0.717, 1.165) is 5.56 Å². The quantitative estimate of drug-likeness (QED) is 0.882. The number of hydrogen-bond donors (Lipinski definition) is 1. The van der Waals surface area contributed by atoms with Crippen molar-refractivity contribution in [2.24, 2.45) is 0 Å². The van der Waals surface area contributed by atoms with Crippen LogP contribution in [0.4, 0.5) is 10.5 Å². The average Bonchev–Trinajstić information content (AvgIpc) is 3.01. The van der Waals surface area contributed by atoms with Crippen LogP contribution >= 0.6 is 11.6 Å². The highest BCUT2D eigenvalue weighted by molar-refractivity contribution is 7.89. The van der Waals surface area contributed by atoms with Crippen molar-refractivity contribution in [3.05, 3.63) is 59.1 Å². The molecular formula is C16H15ClN2O4S. The third kappa shape index (κ3) is 3.69. The van der Waals surface area contributed by atoms with Crippen LogP contribution in [0.2, 0.25) is 5.02 Å². The van der Waals surface area contributed by atoms with Crippen LogP contribution in [0, 0.1) is 0 Å². The van der Waals surface area contributed by atoms with E-state index in [2.05, 4.69) is 4.72 Å². The number of rotatable bonds is 5. The summed E-state index contributed by atoms with van der Waals surface area (Å²) in [6.45, 7) is 0.959. The SMILES string of the molecule is O=C1OCCN1c1ccc(S(=O)(=O)NCc2ccc(Cl)cc2)cc1. The number of ether oxygens (including phenoxy) is 1. The second-order valence-corrected chi connectivity index (χ2v) is 7.41. The molecule has 8 heteroatoms. The van der Waals surface area contributed by atoms with Crippen molar-refractivity contribution < 1.29 is 17.9 Å². The van der Waals surface area contributed by atoms with Gasteiger partial charge < -0.3 is 4.74 Å². The van der Waals surface area contributed by atoms with Crippen LogP contribution in [0.25, 0.3) is 0 Å². The Balaban J connectivity index is 1.70. The minimum atomic E-state index is -3.64. The predicted octanol–water partition coefficient (Wildman–Crippen LogP) is 2.78. The van der Waals surface area contributed by atoms with E-state index in [1.54, 1.807) is 36.4 Å². The van der Waals surface area contributed by atoms with E-state index in [-0.39, 0.29) is 11.4 Å². The maximum atomic E-state index is 12.3. The summed E-state index contributed by atoms with van der Waals surface area (Å²) in [5.41, 5.74) is 1.41. The first-order chi connectivity index (χ1) is 11.5. The number of carbonyl (C=O) groups is 1. The fraction of sp³-hybridized carbons (Fsp3) is 0.188. The van der Waals surface area contributed by atoms with E-state index in [4.69, 9.17) is 16.3 Å². The Morgan fingerprint density at radius 2 is 1.75 bits per heavy atom. The average molecular weight is 367 g/mol. The Bertz CT molecular complexity index is 835. The molecule has 0 unspecified atom stereocenters. The van der Waals surface area contributed by atoms with Crippen LogP contribution in [-0.4, -0.2) is 27.7 Å². The molecule has 1 N–H and O–H groups in total. The molecule has 126 valence electrons. The van der Waals surface area contributed by atoms with Crippen molar-refractivity contribution in [3.63, 3.8) is 0 Å². The van der Waals surface area contributed by atoms with Gasteiger partial charge >= 0.3 is 6.09 Å². The first-order valence-electron chi connectivity index (χ1n) is 7.24. The molecule has 1 saturated heterocycles. The number of halogens is 1. The lowest BCUT2D eigenvalue weighted by Gasteiger charge is -2.13. The Kier molecular flexibility index (Phi) is 4.75. The lowest BCUT2D eigenvalue weighted by atomic mass is 10.2. The van der Waals surface area contributed by atoms with Gasteiger partial charge in [-0.1, -0.05) is 23.7 Å². The predicted molar refractivity (Wildman–Crippen MR) is 90.6 cm³/mol. The molecule has 24 heavy (non-hydrogen) atoms. The van der Waals surface area contributed by atoms with Gasteiger partial charge in [-0.15, -0.1) is 0 Å². The summed E-state index contributed by atoms with van der Waals surface area (Å²) >= 11 is 5.80. The second-order valence-electron chi connectivity index (χ2n) is 5.21. The van der Waals surface area contributed by atoms with Gasteiger partial charge in [-0.2, -0.15) is 0 Å². The minimum absolute atomic E-state index is 0.132. The lowest BCUT2D eigenvalue weighted by Crippen LogP contribution is -2.24. The van der Waals surface area contributed by atoms with Crippen molar-refractivity contribution >= 4 is 33.4 Å². The van der Waals surface area contributed by atoms with Gasteiger partial charge in [-0.05, 0) is 42.0 Å². The third-order valence-electron chi connectivity index (χ3n) is 3.60. The van der Waals surface area contributed by atoms with Gasteiger partial charge in [0.25, 0.3) is 0 Å². The summed E-state index contributed by atoms with van der Waals surface area (Å²) < 4.78 is 32.0. The van der Waals surface area contributed by atoms with E-state index < -0.39 is 16.1 Å². The molecular weight excluding hydrogens is 352 g/mol. The first-order valence-corrected chi connectivity index (χ1v) is 9.10. The van der Waals surface area contributed by atoms with Crippen LogP contribution < -0.4 is 9.62 Å². The highest BCUT2D eigenvalue weighted by atomic mass is 35.5. The highest BCUT2D eigenvalue weighted by Gasteiger charge is 2.24. The summed E-state index contributed by atoms with van der Waals surface area (Å²) in [6, 6.07) is 13.0. The molecule has 3 rings (SSSR count). The number of nitrogens with zero attached hydrogens (tertiary/aromatic N) is 1. The normalized spacial score (nSPS) is 14.7. The molecule has 0 aromatic heterocycles. The maximum absolute atomic E-state index is 12.3. The molecule has 1 amide bonds. The molecule has 0 aliphatic carbocycles. The number of benzene rings is 2. The summed E-state index contributed by atoms with van der Waals surface area (Å²) in [4.78, 5) is 13.1. The molecule has 0 saturated carbocycles. The van der Waals surface area contributed by atoms with Gasteiger partial charge in [0.05, 0.1) is 11.4 Å². The van der Waals surface area contributed by atoms with E-state index in [0.29, 0.717) is 23.9 Å². The minimum Gasteiger partial charge on any atom is -0.447 e. The first kappa shape index (κ1) is 16.8. The molecule has 0 bridgehead atoms. The van der Waals surface area contributed by atoms with Crippen LogP contribution in [0.1, 0.15) is 5.56 Å².